The molecule has 0 radical (unpaired) electrons. The molecule has 2 aromatic rings. The Morgan fingerprint density at radius 3 is 2.65 bits per heavy atom. The number of hydrogen-bond donors (Lipinski definition) is 1. The van der Waals surface area contributed by atoms with Gasteiger partial charge in [0.2, 0.25) is 0 Å². The van der Waals surface area contributed by atoms with Crippen LogP contribution in [0.2, 0.25) is 0 Å². The van der Waals surface area contributed by atoms with E-state index in [1.807, 2.05) is 18.2 Å². The molecule has 138 valence electrons. The fourth-order valence-corrected chi connectivity index (χ4v) is 3.53. The van der Waals surface area contributed by atoms with Crippen LogP contribution in [0.5, 0.6) is 5.75 Å². The smallest absolute Gasteiger partial charge is 0.255 e. The van der Waals surface area contributed by atoms with Gasteiger partial charge in [0.15, 0.2) is 0 Å². The third-order valence-electron chi connectivity index (χ3n) is 4.98. The van der Waals surface area contributed by atoms with E-state index in [9.17, 15) is 4.79 Å². The quantitative estimate of drug-likeness (QED) is 0.741. The summed E-state index contributed by atoms with van der Waals surface area (Å²) in [4.78, 5) is 16.5. The van der Waals surface area contributed by atoms with Crippen LogP contribution in [0.15, 0.2) is 42.7 Å². The number of nitrogens with zero attached hydrogens (tertiary/aromatic N) is 1. The van der Waals surface area contributed by atoms with E-state index >= 15 is 0 Å². The molecule has 1 saturated carbocycles. The van der Waals surface area contributed by atoms with Crippen LogP contribution in [-0.4, -0.2) is 17.5 Å². The van der Waals surface area contributed by atoms with Crippen LogP contribution in [0.3, 0.4) is 0 Å². The van der Waals surface area contributed by atoms with Crippen LogP contribution >= 0.6 is 0 Å². The van der Waals surface area contributed by atoms with E-state index in [2.05, 4.69) is 17.2 Å². The zero-order chi connectivity index (χ0) is 18.2. The molecule has 1 amide bonds. The molecule has 0 spiro atoms. The van der Waals surface area contributed by atoms with Gasteiger partial charge in [0.05, 0.1) is 6.61 Å². The van der Waals surface area contributed by atoms with Crippen LogP contribution < -0.4 is 10.1 Å². The SMILES string of the molecule is CCCc1cc(C(=O)Nc2ccncc2)ccc1OCC1CCCCC1. The molecule has 0 saturated heterocycles. The summed E-state index contributed by atoms with van der Waals surface area (Å²) in [5.41, 5.74) is 2.53. The van der Waals surface area contributed by atoms with Gasteiger partial charge in [0, 0.05) is 23.6 Å². The molecule has 4 heteroatoms. The van der Waals surface area contributed by atoms with Gasteiger partial charge >= 0.3 is 0 Å². The van der Waals surface area contributed by atoms with E-state index in [4.69, 9.17) is 4.74 Å². The lowest BCUT2D eigenvalue weighted by Gasteiger charge is -2.22. The lowest BCUT2D eigenvalue weighted by Crippen LogP contribution is -2.16. The fraction of sp³-hybridized carbons (Fsp3) is 0.455. The molecule has 0 unspecified atom stereocenters. The minimum atomic E-state index is -0.104. The van der Waals surface area contributed by atoms with Crippen LogP contribution in [0.4, 0.5) is 5.69 Å². The van der Waals surface area contributed by atoms with Gasteiger partial charge in [-0.3, -0.25) is 9.78 Å². The van der Waals surface area contributed by atoms with Crippen molar-refractivity contribution in [3.63, 3.8) is 0 Å². The maximum Gasteiger partial charge on any atom is 0.255 e. The average molecular weight is 352 g/mol. The first-order valence-corrected chi connectivity index (χ1v) is 9.73. The van der Waals surface area contributed by atoms with Crippen molar-refractivity contribution in [3.05, 3.63) is 53.9 Å². The monoisotopic (exact) mass is 352 g/mol. The molecule has 1 aliphatic rings. The highest BCUT2D eigenvalue weighted by Gasteiger charge is 2.16. The molecular formula is C22H28N2O2. The Kier molecular flexibility index (Phi) is 6.64. The van der Waals surface area contributed by atoms with Crippen molar-refractivity contribution in [1.29, 1.82) is 0 Å². The standard InChI is InChI=1S/C22H28N2O2/c1-2-6-18-15-19(22(25)24-20-11-13-23-14-12-20)9-10-21(18)26-16-17-7-4-3-5-8-17/h9-15,17H,2-8,16H2,1H3,(H,23,24,25). The van der Waals surface area contributed by atoms with Crippen molar-refractivity contribution >= 4 is 11.6 Å². The average Bonchev–Trinajstić information content (AvgIpc) is 2.69. The van der Waals surface area contributed by atoms with Crippen LogP contribution in [0.1, 0.15) is 61.4 Å². The fourth-order valence-electron chi connectivity index (χ4n) is 3.53. The van der Waals surface area contributed by atoms with E-state index in [1.54, 1.807) is 24.5 Å². The normalized spacial score (nSPS) is 14.8. The number of anilines is 1. The zero-order valence-corrected chi connectivity index (χ0v) is 15.5. The number of ether oxygens (including phenoxy) is 1. The third kappa shape index (κ3) is 5.07. The van der Waals surface area contributed by atoms with Gasteiger partial charge in [0.1, 0.15) is 5.75 Å². The topological polar surface area (TPSA) is 51.2 Å². The van der Waals surface area contributed by atoms with Gasteiger partial charge < -0.3 is 10.1 Å². The van der Waals surface area contributed by atoms with Gasteiger partial charge in [-0.15, -0.1) is 0 Å². The molecule has 26 heavy (non-hydrogen) atoms. The number of rotatable bonds is 7. The van der Waals surface area contributed by atoms with E-state index in [0.717, 1.165) is 36.4 Å². The number of aryl methyl sites for hydroxylation is 1. The van der Waals surface area contributed by atoms with Crippen molar-refractivity contribution in [2.24, 2.45) is 5.92 Å². The van der Waals surface area contributed by atoms with E-state index in [-0.39, 0.29) is 5.91 Å². The number of nitrogens with one attached hydrogen (secondary N) is 1. The summed E-state index contributed by atoms with van der Waals surface area (Å²) >= 11 is 0. The lowest BCUT2D eigenvalue weighted by molar-refractivity contribution is 0.102. The summed E-state index contributed by atoms with van der Waals surface area (Å²) in [7, 11) is 0. The maximum atomic E-state index is 12.5. The lowest BCUT2D eigenvalue weighted by atomic mass is 9.90. The minimum Gasteiger partial charge on any atom is -0.493 e. The predicted octanol–water partition coefficient (Wildman–Crippen LogP) is 5.25. The predicted molar refractivity (Wildman–Crippen MR) is 105 cm³/mol. The number of benzene rings is 1. The second-order valence-electron chi connectivity index (χ2n) is 7.08. The third-order valence-corrected chi connectivity index (χ3v) is 4.98. The molecular weight excluding hydrogens is 324 g/mol. The Hall–Kier alpha value is -2.36. The summed E-state index contributed by atoms with van der Waals surface area (Å²) in [6.07, 6.45) is 11.8. The minimum absolute atomic E-state index is 0.104. The molecule has 4 nitrogen and oxygen atoms in total. The first-order chi connectivity index (χ1) is 12.8. The van der Waals surface area contributed by atoms with Crippen molar-refractivity contribution in [3.8, 4) is 5.75 Å². The van der Waals surface area contributed by atoms with Crippen molar-refractivity contribution in [2.75, 3.05) is 11.9 Å². The maximum absolute atomic E-state index is 12.5. The zero-order valence-electron chi connectivity index (χ0n) is 15.5. The number of carbonyl (C=O) groups excluding carboxylic acids is 1. The summed E-state index contributed by atoms with van der Waals surface area (Å²) < 4.78 is 6.14. The Labute approximate surface area is 156 Å². The highest BCUT2D eigenvalue weighted by Crippen LogP contribution is 2.27. The molecule has 0 aliphatic heterocycles. The second-order valence-corrected chi connectivity index (χ2v) is 7.08. The van der Waals surface area contributed by atoms with Crippen molar-refractivity contribution < 1.29 is 9.53 Å². The Morgan fingerprint density at radius 2 is 1.92 bits per heavy atom. The van der Waals surface area contributed by atoms with Crippen LogP contribution in [0, 0.1) is 5.92 Å². The molecule has 1 N–H and O–H groups in total. The molecule has 1 fully saturated rings. The first kappa shape index (κ1) is 18.4. The van der Waals surface area contributed by atoms with Gasteiger partial charge in [-0.25, -0.2) is 0 Å². The van der Waals surface area contributed by atoms with Crippen molar-refractivity contribution in [2.45, 2.75) is 51.9 Å². The molecule has 0 bridgehead atoms. The number of pyridine rings is 1. The number of carbonyl (C=O) groups is 1. The molecule has 1 heterocycles. The van der Waals surface area contributed by atoms with Crippen LogP contribution in [0.25, 0.3) is 0 Å². The molecule has 3 rings (SSSR count). The Balaban J connectivity index is 1.68. The van der Waals surface area contributed by atoms with Gasteiger partial charge in [-0.05, 0) is 61.1 Å². The highest BCUT2D eigenvalue weighted by molar-refractivity contribution is 6.04. The summed E-state index contributed by atoms with van der Waals surface area (Å²) in [5.74, 6) is 1.50. The summed E-state index contributed by atoms with van der Waals surface area (Å²) in [5, 5.41) is 2.91. The largest absolute Gasteiger partial charge is 0.493 e. The van der Waals surface area contributed by atoms with E-state index in [0.29, 0.717) is 11.5 Å². The molecule has 0 atom stereocenters. The van der Waals surface area contributed by atoms with Crippen LogP contribution in [-0.2, 0) is 6.42 Å². The Bertz CT molecular complexity index is 709. The van der Waals surface area contributed by atoms with Gasteiger partial charge in [-0.2, -0.15) is 0 Å². The van der Waals surface area contributed by atoms with Gasteiger partial charge in [0.25, 0.3) is 5.91 Å². The Morgan fingerprint density at radius 1 is 1.15 bits per heavy atom. The number of amides is 1. The molecule has 1 aromatic carbocycles. The number of aromatic nitrogens is 1. The van der Waals surface area contributed by atoms with E-state index in [1.165, 1.54) is 32.1 Å². The van der Waals surface area contributed by atoms with Crippen molar-refractivity contribution in [1.82, 2.24) is 4.98 Å². The van der Waals surface area contributed by atoms with Gasteiger partial charge in [-0.1, -0.05) is 32.6 Å². The first-order valence-electron chi connectivity index (χ1n) is 9.73. The number of hydrogen-bond acceptors (Lipinski definition) is 3. The summed E-state index contributed by atoms with van der Waals surface area (Å²) in [6, 6.07) is 9.34. The molecule has 1 aliphatic carbocycles. The second kappa shape index (κ2) is 9.37. The highest BCUT2D eigenvalue weighted by atomic mass is 16.5. The van der Waals surface area contributed by atoms with E-state index < -0.39 is 0 Å². The molecule has 1 aromatic heterocycles. The summed E-state index contributed by atoms with van der Waals surface area (Å²) in [6.45, 7) is 2.94.